The Balaban J connectivity index is 2.31. The lowest BCUT2D eigenvalue weighted by molar-refractivity contribution is 0.372. The number of aromatic hydroxyl groups is 1. The fraction of sp³-hybridized carbons (Fsp3) is 0.294. The maximum atomic E-state index is 9.67. The van der Waals surface area contributed by atoms with Gasteiger partial charge >= 0.3 is 0 Å². The van der Waals surface area contributed by atoms with Crippen molar-refractivity contribution in [3.8, 4) is 17.2 Å². The first-order chi connectivity index (χ1) is 10.6. The number of phenolic OH excluding ortho intramolecular Hbond substituents is 1. The molecule has 2 aromatic carbocycles. The predicted octanol–water partition coefficient (Wildman–Crippen LogP) is 3.35. The smallest absolute Gasteiger partial charge is 0.160 e. The van der Waals surface area contributed by atoms with E-state index in [2.05, 4.69) is 0 Å². The number of methoxy groups -OCH3 is 2. The van der Waals surface area contributed by atoms with Crippen LogP contribution in [0.3, 0.4) is 0 Å². The molecule has 0 aromatic heterocycles. The van der Waals surface area contributed by atoms with E-state index in [4.69, 9.17) is 26.8 Å². The predicted molar refractivity (Wildman–Crippen MR) is 88.2 cm³/mol. The summed E-state index contributed by atoms with van der Waals surface area (Å²) in [5, 5.41) is 10.3. The summed E-state index contributed by atoms with van der Waals surface area (Å²) in [6.07, 6.45) is 0.698. The molecule has 0 aliphatic rings. The van der Waals surface area contributed by atoms with Crippen LogP contribution in [0.5, 0.6) is 17.2 Å². The van der Waals surface area contributed by atoms with Crippen molar-refractivity contribution in [1.29, 1.82) is 0 Å². The van der Waals surface area contributed by atoms with Gasteiger partial charge in [-0.2, -0.15) is 0 Å². The second kappa shape index (κ2) is 7.38. The molecule has 5 heteroatoms. The summed E-state index contributed by atoms with van der Waals surface area (Å²) in [5.41, 5.74) is 7.94. The lowest BCUT2D eigenvalue weighted by Gasteiger charge is -2.19. The molecule has 2 rings (SSSR count). The van der Waals surface area contributed by atoms with Gasteiger partial charge in [0.15, 0.2) is 11.5 Å². The monoisotopic (exact) mass is 321 g/mol. The molecule has 0 heterocycles. The highest BCUT2D eigenvalue weighted by Crippen LogP contribution is 2.33. The van der Waals surface area contributed by atoms with Crippen LogP contribution in [-0.4, -0.2) is 25.9 Å². The third-order valence-electron chi connectivity index (χ3n) is 3.64. The molecule has 0 aliphatic carbocycles. The van der Waals surface area contributed by atoms with Crippen molar-refractivity contribution in [2.45, 2.75) is 12.3 Å². The number of rotatable bonds is 6. The van der Waals surface area contributed by atoms with Gasteiger partial charge < -0.3 is 20.3 Å². The van der Waals surface area contributed by atoms with Gasteiger partial charge in [-0.25, -0.2) is 0 Å². The molecular formula is C17H20ClNO3. The second-order valence-electron chi connectivity index (χ2n) is 5.03. The first-order valence-electron chi connectivity index (χ1n) is 6.98. The molecule has 3 N–H and O–H groups in total. The SMILES string of the molecule is COc1cc(CC(CN)c2cc(Cl)ccc2OC)ccc1O. The highest BCUT2D eigenvalue weighted by Gasteiger charge is 2.17. The summed E-state index contributed by atoms with van der Waals surface area (Å²) in [5.74, 6) is 1.40. The first-order valence-corrected chi connectivity index (χ1v) is 7.36. The molecule has 22 heavy (non-hydrogen) atoms. The Morgan fingerprint density at radius 2 is 1.82 bits per heavy atom. The van der Waals surface area contributed by atoms with Crippen molar-refractivity contribution in [3.63, 3.8) is 0 Å². The molecule has 118 valence electrons. The highest BCUT2D eigenvalue weighted by molar-refractivity contribution is 6.30. The topological polar surface area (TPSA) is 64.7 Å². The quantitative estimate of drug-likeness (QED) is 0.856. The minimum atomic E-state index is 0.0582. The number of benzene rings is 2. The normalized spacial score (nSPS) is 12.0. The standard InChI is InChI=1S/C17H20ClNO3/c1-21-16-6-4-13(18)9-14(16)12(10-19)7-11-3-5-15(20)17(8-11)22-2/h3-6,8-9,12,20H,7,10,19H2,1-2H3. The molecule has 0 saturated heterocycles. The van der Waals surface area contributed by atoms with Gasteiger partial charge in [0.25, 0.3) is 0 Å². The van der Waals surface area contributed by atoms with Crippen molar-refractivity contribution >= 4 is 11.6 Å². The van der Waals surface area contributed by atoms with Crippen LogP contribution >= 0.6 is 11.6 Å². The summed E-state index contributed by atoms with van der Waals surface area (Å²) in [6.45, 7) is 0.458. The molecule has 0 bridgehead atoms. The Kier molecular flexibility index (Phi) is 5.52. The van der Waals surface area contributed by atoms with Crippen molar-refractivity contribution in [2.75, 3.05) is 20.8 Å². The minimum absolute atomic E-state index is 0.0582. The van der Waals surface area contributed by atoms with E-state index in [-0.39, 0.29) is 11.7 Å². The Morgan fingerprint density at radius 3 is 2.45 bits per heavy atom. The highest BCUT2D eigenvalue weighted by atomic mass is 35.5. The van der Waals surface area contributed by atoms with E-state index in [9.17, 15) is 5.11 Å². The second-order valence-corrected chi connectivity index (χ2v) is 5.47. The maximum absolute atomic E-state index is 9.67. The largest absolute Gasteiger partial charge is 0.504 e. The molecular weight excluding hydrogens is 302 g/mol. The van der Waals surface area contributed by atoms with Gasteiger partial charge in [0.1, 0.15) is 5.75 Å². The van der Waals surface area contributed by atoms with Crippen molar-refractivity contribution in [1.82, 2.24) is 0 Å². The summed E-state index contributed by atoms with van der Waals surface area (Å²) in [7, 11) is 3.16. The maximum Gasteiger partial charge on any atom is 0.160 e. The van der Waals surface area contributed by atoms with Crippen molar-refractivity contribution in [2.24, 2.45) is 5.73 Å². The summed E-state index contributed by atoms with van der Waals surface area (Å²) >= 11 is 6.10. The molecule has 1 unspecified atom stereocenters. The van der Waals surface area contributed by atoms with Crippen molar-refractivity contribution in [3.05, 3.63) is 52.5 Å². The fourth-order valence-electron chi connectivity index (χ4n) is 2.48. The zero-order valence-corrected chi connectivity index (χ0v) is 13.4. The van der Waals surface area contributed by atoms with Crippen LogP contribution in [0.1, 0.15) is 17.0 Å². The number of ether oxygens (including phenoxy) is 2. The summed E-state index contributed by atoms with van der Waals surface area (Å²) in [6, 6.07) is 10.8. The lowest BCUT2D eigenvalue weighted by Crippen LogP contribution is -2.16. The van der Waals surface area contributed by atoms with Crippen LogP contribution in [-0.2, 0) is 6.42 Å². The van der Waals surface area contributed by atoms with Crippen LogP contribution < -0.4 is 15.2 Å². The van der Waals surface area contributed by atoms with Crippen LogP contribution in [0.2, 0.25) is 5.02 Å². The van der Waals surface area contributed by atoms with Crippen LogP contribution in [0, 0.1) is 0 Å². The third kappa shape index (κ3) is 3.64. The van der Waals surface area contributed by atoms with E-state index in [0.29, 0.717) is 23.7 Å². The number of phenols is 1. The Morgan fingerprint density at radius 1 is 1.09 bits per heavy atom. The molecule has 4 nitrogen and oxygen atoms in total. The van der Waals surface area contributed by atoms with E-state index in [1.54, 1.807) is 19.2 Å². The third-order valence-corrected chi connectivity index (χ3v) is 3.88. The van der Waals surface area contributed by atoms with Gasteiger partial charge in [0.2, 0.25) is 0 Å². The Hall–Kier alpha value is -1.91. The number of hydrogen-bond donors (Lipinski definition) is 2. The van der Waals surface area contributed by atoms with Crippen LogP contribution in [0.15, 0.2) is 36.4 Å². The van der Waals surface area contributed by atoms with Gasteiger partial charge in [-0.1, -0.05) is 17.7 Å². The van der Waals surface area contributed by atoms with E-state index in [0.717, 1.165) is 16.9 Å². The summed E-state index contributed by atoms with van der Waals surface area (Å²) < 4.78 is 10.5. The molecule has 2 aromatic rings. The molecule has 0 radical (unpaired) electrons. The molecule has 0 amide bonds. The van der Waals surface area contributed by atoms with Gasteiger partial charge in [-0.05, 0) is 48.9 Å². The number of nitrogens with two attached hydrogens (primary N) is 1. The van der Waals surface area contributed by atoms with Gasteiger partial charge in [0, 0.05) is 16.5 Å². The van der Waals surface area contributed by atoms with E-state index in [1.165, 1.54) is 7.11 Å². The van der Waals surface area contributed by atoms with Gasteiger partial charge in [0.05, 0.1) is 14.2 Å². The lowest BCUT2D eigenvalue weighted by atomic mass is 9.91. The average molecular weight is 322 g/mol. The van der Waals surface area contributed by atoms with E-state index < -0.39 is 0 Å². The zero-order chi connectivity index (χ0) is 16.1. The summed E-state index contributed by atoms with van der Waals surface area (Å²) in [4.78, 5) is 0. The van der Waals surface area contributed by atoms with Crippen LogP contribution in [0.4, 0.5) is 0 Å². The van der Waals surface area contributed by atoms with Gasteiger partial charge in [-0.15, -0.1) is 0 Å². The van der Waals surface area contributed by atoms with E-state index in [1.807, 2.05) is 24.3 Å². The number of hydrogen-bond acceptors (Lipinski definition) is 4. The zero-order valence-electron chi connectivity index (χ0n) is 12.7. The molecule has 0 fully saturated rings. The minimum Gasteiger partial charge on any atom is -0.504 e. The average Bonchev–Trinajstić information content (AvgIpc) is 2.54. The first kappa shape index (κ1) is 16.5. The van der Waals surface area contributed by atoms with E-state index >= 15 is 0 Å². The molecule has 1 atom stereocenters. The molecule has 0 spiro atoms. The Bertz CT molecular complexity index is 646. The number of halogens is 1. The van der Waals surface area contributed by atoms with Crippen molar-refractivity contribution < 1.29 is 14.6 Å². The molecule has 0 saturated carbocycles. The van der Waals surface area contributed by atoms with Gasteiger partial charge in [-0.3, -0.25) is 0 Å². The molecule has 0 aliphatic heterocycles. The fourth-order valence-corrected chi connectivity index (χ4v) is 2.66. The van der Waals surface area contributed by atoms with Crippen LogP contribution in [0.25, 0.3) is 0 Å². The Labute approximate surface area is 135 Å².